The summed E-state index contributed by atoms with van der Waals surface area (Å²) in [6.45, 7) is 11.9. The number of hydrogen-bond donors (Lipinski definition) is 1. The maximum Gasteiger partial charge on any atom is 0.0483 e. The van der Waals surface area contributed by atoms with Crippen LogP contribution in [0.3, 0.4) is 0 Å². The Labute approximate surface area is 155 Å². The van der Waals surface area contributed by atoms with Crippen molar-refractivity contribution in [3.8, 4) is 0 Å². The normalized spacial score (nSPS) is 43.5. The number of allylic oxidation sites excluding steroid dienone is 2. The maximum absolute atomic E-state index is 6.93. The highest BCUT2D eigenvalue weighted by Gasteiger charge is 2.72. The maximum atomic E-state index is 6.93. The molecule has 4 aliphatic carbocycles. The van der Waals surface area contributed by atoms with E-state index in [0.29, 0.717) is 11.3 Å². The molecule has 0 spiro atoms. The molecule has 4 unspecified atom stereocenters. The summed E-state index contributed by atoms with van der Waals surface area (Å²) in [5, 5.41) is 0. The Morgan fingerprint density at radius 2 is 1.80 bits per heavy atom. The first-order valence-corrected chi connectivity index (χ1v) is 11.0. The molecule has 140 valence electrons. The van der Waals surface area contributed by atoms with Gasteiger partial charge in [-0.2, -0.15) is 0 Å². The van der Waals surface area contributed by atoms with Crippen molar-refractivity contribution in [1.29, 1.82) is 0 Å². The van der Waals surface area contributed by atoms with Crippen molar-refractivity contribution in [1.82, 2.24) is 0 Å². The van der Waals surface area contributed by atoms with E-state index < -0.39 is 0 Å². The van der Waals surface area contributed by atoms with E-state index in [0.717, 1.165) is 11.8 Å². The van der Waals surface area contributed by atoms with Crippen LogP contribution < -0.4 is 5.73 Å². The van der Waals surface area contributed by atoms with Gasteiger partial charge in [-0.05, 0) is 81.1 Å². The molecule has 2 N–H and O–H groups in total. The van der Waals surface area contributed by atoms with Crippen molar-refractivity contribution in [2.24, 2.45) is 34.3 Å². The number of rotatable bonds is 5. The largest absolute Gasteiger partial charge is 0.321 e. The third-order valence-corrected chi connectivity index (χ3v) is 8.24. The van der Waals surface area contributed by atoms with Gasteiger partial charge in [0, 0.05) is 11.0 Å². The van der Waals surface area contributed by atoms with Crippen LogP contribution in [-0.2, 0) is 0 Å². The molecule has 1 nitrogen and oxygen atoms in total. The van der Waals surface area contributed by atoms with Crippen LogP contribution >= 0.6 is 0 Å². The molecule has 0 aromatic rings. The first kappa shape index (κ1) is 17.8. The monoisotopic (exact) mass is 341 g/mol. The third-order valence-electron chi connectivity index (χ3n) is 8.24. The number of nitrogens with two attached hydrogens (primary N) is 1. The third kappa shape index (κ3) is 2.59. The van der Waals surface area contributed by atoms with E-state index in [2.05, 4.69) is 40.7 Å². The molecule has 0 heterocycles. The fourth-order valence-corrected chi connectivity index (χ4v) is 6.89. The molecular formula is C24H39N. The van der Waals surface area contributed by atoms with Gasteiger partial charge in [-0.15, -0.1) is 0 Å². The van der Waals surface area contributed by atoms with Gasteiger partial charge in [-0.3, -0.25) is 0 Å². The van der Waals surface area contributed by atoms with Crippen molar-refractivity contribution in [2.45, 2.75) is 97.9 Å². The Kier molecular flexibility index (Phi) is 4.08. The second kappa shape index (κ2) is 5.72. The van der Waals surface area contributed by atoms with Crippen LogP contribution in [-0.4, -0.2) is 5.54 Å². The van der Waals surface area contributed by atoms with Gasteiger partial charge in [-0.1, -0.05) is 57.3 Å². The summed E-state index contributed by atoms with van der Waals surface area (Å²) >= 11 is 0. The van der Waals surface area contributed by atoms with Crippen molar-refractivity contribution in [3.63, 3.8) is 0 Å². The van der Waals surface area contributed by atoms with Gasteiger partial charge in [-0.25, -0.2) is 0 Å². The van der Waals surface area contributed by atoms with Crippen molar-refractivity contribution >= 4 is 0 Å². The van der Waals surface area contributed by atoms with Crippen LogP contribution in [0.2, 0.25) is 0 Å². The van der Waals surface area contributed by atoms with E-state index in [1.807, 2.05) is 5.57 Å². The van der Waals surface area contributed by atoms with Gasteiger partial charge in [0.05, 0.1) is 0 Å². The molecule has 4 saturated carbocycles. The zero-order valence-electron chi connectivity index (χ0n) is 17.3. The standard InChI is InChI=1S/C24H39N/c1-6-20-23(5,25)24(20,15-16(2)3)21(17-10-11-17)18-14-19(18)22(4)12-8-7-9-13-22/h6,16,18-19H,7-15,25H2,1-5H3. The summed E-state index contributed by atoms with van der Waals surface area (Å²) in [7, 11) is 0. The molecule has 0 bridgehead atoms. The minimum Gasteiger partial charge on any atom is -0.321 e. The average Bonchev–Trinajstić information content (AvgIpc) is 3.42. The summed E-state index contributed by atoms with van der Waals surface area (Å²) in [5.74, 6) is 2.49. The van der Waals surface area contributed by atoms with E-state index >= 15 is 0 Å². The summed E-state index contributed by atoms with van der Waals surface area (Å²) in [4.78, 5) is 0. The lowest BCUT2D eigenvalue weighted by Gasteiger charge is -2.35. The van der Waals surface area contributed by atoms with Crippen LogP contribution in [0.5, 0.6) is 0 Å². The van der Waals surface area contributed by atoms with Crippen molar-refractivity contribution < 1.29 is 0 Å². The molecule has 0 aliphatic heterocycles. The molecule has 0 radical (unpaired) electrons. The molecule has 0 amide bonds. The Balaban J connectivity index is 1.66. The van der Waals surface area contributed by atoms with Gasteiger partial charge in [0.25, 0.3) is 0 Å². The van der Waals surface area contributed by atoms with Crippen LogP contribution in [0.25, 0.3) is 0 Å². The highest BCUT2D eigenvalue weighted by Crippen LogP contribution is 2.75. The SMILES string of the molecule is CC=C1C(C)(N)C1(CC(C)C)C(=C1CC1)C1CC1C1(C)CCCCC1. The Morgan fingerprint density at radius 1 is 1.16 bits per heavy atom. The lowest BCUT2D eigenvalue weighted by Crippen LogP contribution is -2.31. The van der Waals surface area contributed by atoms with Gasteiger partial charge >= 0.3 is 0 Å². The van der Waals surface area contributed by atoms with E-state index in [-0.39, 0.29) is 11.0 Å². The molecule has 4 rings (SSSR count). The van der Waals surface area contributed by atoms with Crippen molar-refractivity contribution in [2.75, 3.05) is 0 Å². The average molecular weight is 342 g/mol. The highest BCUT2D eigenvalue weighted by atomic mass is 14.9. The Bertz CT molecular complexity index is 608. The lowest BCUT2D eigenvalue weighted by atomic mass is 9.70. The topological polar surface area (TPSA) is 26.0 Å². The first-order chi connectivity index (χ1) is 11.8. The summed E-state index contributed by atoms with van der Waals surface area (Å²) in [6.07, 6.45) is 15.0. The molecule has 1 heteroatoms. The second-order valence-corrected chi connectivity index (χ2v) is 10.6. The fourth-order valence-electron chi connectivity index (χ4n) is 6.89. The molecule has 0 aromatic carbocycles. The highest BCUT2D eigenvalue weighted by molar-refractivity contribution is 5.62. The van der Waals surface area contributed by atoms with E-state index in [1.54, 1.807) is 11.1 Å². The second-order valence-electron chi connectivity index (χ2n) is 10.6. The molecule has 0 aromatic heterocycles. The molecule has 4 atom stereocenters. The van der Waals surface area contributed by atoms with Crippen LogP contribution in [0.1, 0.15) is 92.4 Å². The van der Waals surface area contributed by atoms with Crippen LogP contribution in [0, 0.1) is 28.6 Å². The van der Waals surface area contributed by atoms with Gasteiger partial charge in [0.1, 0.15) is 0 Å². The van der Waals surface area contributed by atoms with Gasteiger partial charge in [0.2, 0.25) is 0 Å². The Hall–Kier alpha value is -0.560. The quantitative estimate of drug-likeness (QED) is 0.576. The molecule has 25 heavy (non-hydrogen) atoms. The minimum atomic E-state index is -0.0996. The first-order valence-electron chi connectivity index (χ1n) is 11.0. The van der Waals surface area contributed by atoms with Crippen LogP contribution in [0.4, 0.5) is 0 Å². The zero-order chi connectivity index (χ0) is 18.0. The summed E-state index contributed by atoms with van der Waals surface area (Å²) in [6, 6.07) is 0. The lowest BCUT2D eigenvalue weighted by molar-refractivity contribution is 0.171. The fraction of sp³-hybridized carbons (Fsp3) is 0.833. The summed E-state index contributed by atoms with van der Waals surface area (Å²) in [5.41, 5.74) is 12.8. The predicted molar refractivity (Wildman–Crippen MR) is 107 cm³/mol. The van der Waals surface area contributed by atoms with Gasteiger partial charge < -0.3 is 5.73 Å². The Morgan fingerprint density at radius 3 is 2.28 bits per heavy atom. The van der Waals surface area contributed by atoms with E-state index in [1.165, 1.54) is 57.8 Å². The van der Waals surface area contributed by atoms with Gasteiger partial charge in [0.15, 0.2) is 0 Å². The molecule has 4 fully saturated rings. The zero-order valence-corrected chi connectivity index (χ0v) is 17.3. The van der Waals surface area contributed by atoms with Crippen molar-refractivity contribution in [3.05, 3.63) is 22.8 Å². The van der Waals surface area contributed by atoms with E-state index in [4.69, 9.17) is 5.73 Å². The summed E-state index contributed by atoms with van der Waals surface area (Å²) < 4.78 is 0. The molecule has 0 saturated heterocycles. The minimum absolute atomic E-state index is 0.0996. The van der Waals surface area contributed by atoms with Crippen LogP contribution in [0.15, 0.2) is 22.8 Å². The molecular weight excluding hydrogens is 302 g/mol. The number of hydrogen-bond acceptors (Lipinski definition) is 1. The van der Waals surface area contributed by atoms with E-state index in [9.17, 15) is 0 Å². The molecule has 4 aliphatic rings. The smallest absolute Gasteiger partial charge is 0.0483 e. The predicted octanol–water partition coefficient (Wildman–Crippen LogP) is 6.39.